The number of hydrogen-bond acceptors (Lipinski definition) is 5. The second-order valence-corrected chi connectivity index (χ2v) is 11.8. The molecule has 0 spiro atoms. The van der Waals surface area contributed by atoms with Gasteiger partial charge in [-0.15, -0.1) is 11.8 Å². The summed E-state index contributed by atoms with van der Waals surface area (Å²) in [6.07, 6.45) is 1.19. The van der Waals surface area contributed by atoms with Crippen LogP contribution >= 0.6 is 27.7 Å². The van der Waals surface area contributed by atoms with Crippen molar-refractivity contribution in [2.45, 2.75) is 42.5 Å². The molecule has 2 N–H and O–H groups in total. The van der Waals surface area contributed by atoms with Crippen molar-refractivity contribution in [2.24, 2.45) is 0 Å². The number of carbonyl (C=O) groups excluding carboxylic acids is 1. The number of likely N-dealkylation sites (N-methyl/N-ethyl adjacent to an activating group) is 1. The fraction of sp³-hybridized carbons (Fsp3) is 0.458. The van der Waals surface area contributed by atoms with E-state index in [4.69, 9.17) is 0 Å². The van der Waals surface area contributed by atoms with Crippen LogP contribution < -0.4 is 15.5 Å². The second kappa shape index (κ2) is 9.14. The lowest BCUT2D eigenvalue weighted by Crippen LogP contribution is -2.46. The number of nitrogens with one attached hydrogen (secondary N) is 2. The van der Waals surface area contributed by atoms with Gasteiger partial charge in [-0.2, -0.15) is 0 Å². The molecule has 2 aliphatic rings. The van der Waals surface area contributed by atoms with Crippen molar-refractivity contribution in [2.75, 3.05) is 37.4 Å². The molecule has 2 aromatic carbocycles. The third-order valence-corrected chi connectivity index (χ3v) is 8.28. The Hall–Kier alpha value is -1.54. The molecule has 0 saturated carbocycles. The zero-order chi connectivity index (χ0) is 22.2. The maximum Gasteiger partial charge on any atom is 0.242 e. The van der Waals surface area contributed by atoms with E-state index in [-0.39, 0.29) is 22.1 Å². The fourth-order valence-electron chi connectivity index (χ4n) is 4.32. The Bertz CT molecular complexity index is 916. The molecular formula is C24H31BrN4OS. The molecule has 5 nitrogen and oxygen atoms in total. The lowest BCUT2D eigenvalue weighted by Gasteiger charge is -2.24. The summed E-state index contributed by atoms with van der Waals surface area (Å²) in [6, 6.07) is 16.9. The molecule has 1 amide bonds. The van der Waals surface area contributed by atoms with Crippen molar-refractivity contribution in [3.63, 3.8) is 0 Å². The van der Waals surface area contributed by atoms with Gasteiger partial charge in [0.1, 0.15) is 6.04 Å². The van der Waals surface area contributed by atoms with E-state index < -0.39 is 0 Å². The van der Waals surface area contributed by atoms with Crippen molar-refractivity contribution in [3.8, 4) is 0 Å². The Kier molecular flexibility index (Phi) is 6.68. The highest BCUT2D eigenvalue weighted by Gasteiger charge is 2.45. The zero-order valence-electron chi connectivity index (χ0n) is 18.6. The van der Waals surface area contributed by atoms with Crippen molar-refractivity contribution in [1.82, 2.24) is 10.2 Å². The van der Waals surface area contributed by atoms with Gasteiger partial charge in [-0.1, -0.05) is 28.1 Å². The molecule has 2 saturated heterocycles. The Morgan fingerprint density at radius 1 is 1.16 bits per heavy atom. The first-order valence-electron chi connectivity index (χ1n) is 10.7. The van der Waals surface area contributed by atoms with Crippen molar-refractivity contribution < 1.29 is 4.79 Å². The third kappa shape index (κ3) is 5.11. The summed E-state index contributed by atoms with van der Waals surface area (Å²) >= 11 is 5.29. The van der Waals surface area contributed by atoms with Crippen LogP contribution in [0.4, 0.5) is 11.4 Å². The number of benzene rings is 2. The third-order valence-electron chi connectivity index (χ3n) is 6.26. The number of hydrogen-bond donors (Lipinski definition) is 2. The van der Waals surface area contributed by atoms with E-state index in [1.54, 1.807) is 11.8 Å². The highest BCUT2D eigenvalue weighted by atomic mass is 79.9. The van der Waals surface area contributed by atoms with E-state index in [1.807, 2.05) is 24.3 Å². The first-order chi connectivity index (χ1) is 14.7. The van der Waals surface area contributed by atoms with E-state index in [1.165, 1.54) is 17.7 Å². The Morgan fingerprint density at radius 3 is 2.45 bits per heavy atom. The number of amides is 1. The molecule has 3 unspecified atom stereocenters. The van der Waals surface area contributed by atoms with Gasteiger partial charge < -0.3 is 15.1 Å². The van der Waals surface area contributed by atoms with E-state index in [0.717, 1.165) is 23.2 Å². The quantitative estimate of drug-likeness (QED) is 0.619. The predicted octanol–water partition coefficient (Wildman–Crippen LogP) is 4.71. The topological polar surface area (TPSA) is 47.6 Å². The van der Waals surface area contributed by atoms with Crippen LogP contribution in [0.15, 0.2) is 53.0 Å². The molecule has 2 heterocycles. The molecule has 0 radical (unpaired) electrons. The fourth-order valence-corrected chi connectivity index (χ4v) is 6.00. The molecule has 0 bridgehead atoms. The first-order valence-corrected chi connectivity index (χ1v) is 12.4. The van der Waals surface area contributed by atoms with Crippen molar-refractivity contribution in [3.05, 3.63) is 58.6 Å². The summed E-state index contributed by atoms with van der Waals surface area (Å²) < 4.78 is 0.848. The van der Waals surface area contributed by atoms with Crippen LogP contribution in [0, 0.1) is 0 Å². The first kappa shape index (κ1) is 22.6. The monoisotopic (exact) mass is 502 g/mol. The van der Waals surface area contributed by atoms with Gasteiger partial charge in [-0.25, -0.2) is 0 Å². The maximum absolute atomic E-state index is 13.1. The summed E-state index contributed by atoms with van der Waals surface area (Å²) in [7, 11) is 4.29. The second-order valence-electron chi connectivity index (χ2n) is 9.14. The number of anilines is 2. The molecule has 166 valence electrons. The van der Waals surface area contributed by atoms with E-state index in [9.17, 15) is 4.79 Å². The summed E-state index contributed by atoms with van der Waals surface area (Å²) in [5, 5.41) is 6.75. The molecule has 0 aromatic heterocycles. The average Bonchev–Trinajstić information content (AvgIpc) is 3.34. The van der Waals surface area contributed by atoms with Crippen LogP contribution in [-0.2, 0) is 4.79 Å². The van der Waals surface area contributed by atoms with Gasteiger partial charge in [0.15, 0.2) is 0 Å². The van der Waals surface area contributed by atoms with Gasteiger partial charge >= 0.3 is 0 Å². The molecule has 2 fully saturated rings. The minimum Gasteiger partial charge on any atom is -0.370 e. The van der Waals surface area contributed by atoms with E-state index >= 15 is 0 Å². The van der Waals surface area contributed by atoms with Crippen LogP contribution in [0.1, 0.15) is 31.2 Å². The molecule has 2 aromatic rings. The number of thioether (sulfide) groups is 1. The Labute approximate surface area is 198 Å². The smallest absolute Gasteiger partial charge is 0.242 e. The molecule has 3 atom stereocenters. The average molecular weight is 504 g/mol. The van der Waals surface area contributed by atoms with Crippen LogP contribution in [-0.4, -0.2) is 54.8 Å². The number of halogens is 1. The van der Waals surface area contributed by atoms with Gasteiger partial charge in [0.2, 0.25) is 5.91 Å². The number of nitrogens with zero attached hydrogens (tertiary/aromatic N) is 2. The summed E-state index contributed by atoms with van der Waals surface area (Å²) in [5.74, 6) is 0.0127. The summed E-state index contributed by atoms with van der Waals surface area (Å²) in [5.41, 5.74) is 3.24. The van der Waals surface area contributed by atoms with Crippen molar-refractivity contribution >= 4 is 45.0 Å². The van der Waals surface area contributed by atoms with Crippen LogP contribution in [0.2, 0.25) is 0 Å². The minimum absolute atomic E-state index is 0.0127. The highest BCUT2D eigenvalue weighted by molar-refractivity contribution is 9.10. The van der Waals surface area contributed by atoms with Gasteiger partial charge in [0.05, 0.1) is 5.37 Å². The van der Waals surface area contributed by atoms with E-state index in [0.29, 0.717) is 6.04 Å². The zero-order valence-corrected chi connectivity index (χ0v) is 21.0. The SMILES string of the molecule is CN(C)C1CCN(c2ccc(NC(=O)C3NC(c4ccc(Br)cc4)SC3(C)C)cc2)C1. The molecule has 7 heteroatoms. The number of carbonyl (C=O) groups is 1. The van der Waals surface area contributed by atoms with Gasteiger partial charge in [-0.05, 0) is 76.3 Å². The molecule has 2 aliphatic heterocycles. The largest absolute Gasteiger partial charge is 0.370 e. The Morgan fingerprint density at radius 2 is 1.84 bits per heavy atom. The van der Waals surface area contributed by atoms with Gasteiger partial charge in [0.25, 0.3) is 0 Å². The standard InChI is InChI=1S/C24H31BrN4OS/c1-24(2)21(27-23(31-24)16-5-7-17(25)8-6-16)22(30)26-18-9-11-19(12-10-18)29-14-13-20(15-29)28(3)4/h5-12,20-21,23,27H,13-15H2,1-4H3,(H,26,30). The molecule has 31 heavy (non-hydrogen) atoms. The number of rotatable bonds is 5. The lowest BCUT2D eigenvalue weighted by molar-refractivity contribution is -0.118. The van der Waals surface area contributed by atoms with Crippen LogP contribution in [0.5, 0.6) is 0 Å². The summed E-state index contributed by atoms with van der Waals surface area (Å²) in [6.45, 7) is 6.38. The van der Waals surface area contributed by atoms with Crippen LogP contribution in [0.3, 0.4) is 0 Å². The van der Waals surface area contributed by atoms with E-state index in [2.05, 4.69) is 88.6 Å². The lowest BCUT2D eigenvalue weighted by atomic mass is 10.0. The highest BCUT2D eigenvalue weighted by Crippen LogP contribution is 2.46. The van der Waals surface area contributed by atoms with Gasteiger partial charge in [-0.3, -0.25) is 10.1 Å². The normalized spacial score (nSPS) is 25.2. The minimum atomic E-state index is -0.273. The molecular weight excluding hydrogens is 472 g/mol. The van der Waals surface area contributed by atoms with Crippen molar-refractivity contribution in [1.29, 1.82) is 0 Å². The van der Waals surface area contributed by atoms with Crippen LogP contribution in [0.25, 0.3) is 0 Å². The maximum atomic E-state index is 13.1. The molecule has 0 aliphatic carbocycles. The Balaban J connectivity index is 1.39. The van der Waals surface area contributed by atoms with Gasteiger partial charge in [0, 0.05) is 39.7 Å². The predicted molar refractivity (Wildman–Crippen MR) is 135 cm³/mol. The molecule has 4 rings (SSSR count). The summed E-state index contributed by atoms with van der Waals surface area (Å²) in [4.78, 5) is 17.8.